The molecule has 1 aliphatic carbocycles. The fourth-order valence-electron chi connectivity index (χ4n) is 4.52. The Hall–Kier alpha value is -3.87. The third-order valence-corrected chi connectivity index (χ3v) is 6.42. The number of benzene rings is 3. The number of non-ortho nitro benzene ring substituents is 1. The van der Waals surface area contributed by atoms with Crippen LogP contribution in [0.2, 0.25) is 0 Å². The predicted molar refractivity (Wildman–Crippen MR) is 134 cm³/mol. The molecule has 35 heavy (non-hydrogen) atoms. The Balaban J connectivity index is 1.57. The average molecular weight is 475 g/mol. The monoisotopic (exact) mass is 474 g/mol. The minimum absolute atomic E-state index is 0.0267. The largest absolute Gasteiger partial charge is 0.493 e. The Bertz CT molecular complexity index is 1140. The molecule has 7 nitrogen and oxygen atoms in total. The first-order chi connectivity index (χ1) is 17.0. The van der Waals surface area contributed by atoms with Crippen LogP contribution in [0.1, 0.15) is 53.6 Å². The highest BCUT2D eigenvalue weighted by molar-refractivity contribution is 5.94. The first-order valence-corrected chi connectivity index (χ1v) is 11.9. The van der Waals surface area contributed by atoms with Gasteiger partial charge in [0.05, 0.1) is 12.0 Å². The van der Waals surface area contributed by atoms with Crippen LogP contribution >= 0.6 is 0 Å². The zero-order chi connectivity index (χ0) is 24.6. The second-order valence-corrected chi connectivity index (χ2v) is 8.79. The van der Waals surface area contributed by atoms with Gasteiger partial charge in [0.1, 0.15) is 6.61 Å². The number of hydrogen-bond acceptors (Lipinski definition) is 5. The molecule has 4 rings (SSSR count). The summed E-state index contributed by atoms with van der Waals surface area (Å²) in [5.41, 5.74) is 2.42. The van der Waals surface area contributed by atoms with Crippen molar-refractivity contribution >= 4 is 11.6 Å². The van der Waals surface area contributed by atoms with E-state index in [0.29, 0.717) is 30.2 Å². The van der Waals surface area contributed by atoms with Gasteiger partial charge < -0.3 is 14.4 Å². The van der Waals surface area contributed by atoms with Gasteiger partial charge in [-0.05, 0) is 48.2 Å². The van der Waals surface area contributed by atoms with Crippen molar-refractivity contribution in [3.05, 3.63) is 99.6 Å². The van der Waals surface area contributed by atoms with Crippen LogP contribution in [0.5, 0.6) is 11.5 Å². The molecule has 1 amide bonds. The van der Waals surface area contributed by atoms with Gasteiger partial charge in [0.15, 0.2) is 11.5 Å². The number of nitro benzene ring substituents is 1. The molecule has 1 aliphatic rings. The molecule has 1 fully saturated rings. The number of carbonyl (C=O) groups is 1. The average Bonchev–Trinajstić information content (AvgIpc) is 2.91. The second-order valence-electron chi connectivity index (χ2n) is 8.79. The maximum absolute atomic E-state index is 13.5. The van der Waals surface area contributed by atoms with Gasteiger partial charge in [0.25, 0.3) is 11.6 Å². The molecule has 0 unspecified atom stereocenters. The highest BCUT2D eigenvalue weighted by Gasteiger charge is 2.27. The smallest absolute Gasteiger partial charge is 0.269 e. The molecule has 0 radical (unpaired) electrons. The SMILES string of the molecule is COc1ccc(CN(C(=O)c2ccc([N+](=O)[O-])cc2)C2CCCCC2)cc1OCc1ccccc1. The van der Waals surface area contributed by atoms with Crippen LogP contribution in [0.4, 0.5) is 5.69 Å². The summed E-state index contributed by atoms with van der Waals surface area (Å²) >= 11 is 0. The molecule has 0 aliphatic heterocycles. The van der Waals surface area contributed by atoms with Gasteiger partial charge in [0.2, 0.25) is 0 Å². The van der Waals surface area contributed by atoms with E-state index >= 15 is 0 Å². The zero-order valence-electron chi connectivity index (χ0n) is 19.9. The van der Waals surface area contributed by atoms with E-state index in [9.17, 15) is 14.9 Å². The van der Waals surface area contributed by atoms with Crippen molar-refractivity contribution < 1.29 is 19.2 Å². The van der Waals surface area contributed by atoms with Crippen LogP contribution in [0.3, 0.4) is 0 Å². The lowest BCUT2D eigenvalue weighted by Crippen LogP contribution is -2.41. The summed E-state index contributed by atoms with van der Waals surface area (Å²) in [7, 11) is 1.61. The molecule has 0 atom stereocenters. The highest BCUT2D eigenvalue weighted by atomic mass is 16.6. The molecule has 0 heterocycles. The van der Waals surface area contributed by atoms with Gasteiger partial charge in [-0.15, -0.1) is 0 Å². The lowest BCUT2D eigenvalue weighted by molar-refractivity contribution is -0.384. The number of nitro groups is 1. The maximum atomic E-state index is 13.5. The van der Waals surface area contributed by atoms with E-state index in [1.54, 1.807) is 19.2 Å². The van der Waals surface area contributed by atoms with Crippen LogP contribution in [0.25, 0.3) is 0 Å². The number of hydrogen-bond donors (Lipinski definition) is 0. The standard InChI is InChI=1S/C28H30N2O5/c1-34-26-17-12-22(18-27(26)35-20-21-8-4-2-5-9-21)19-29(24-10-6-3-7-11-24)28(31)23-13-15-25(16-14-23)30(32)33/h2,4-5,8-9,12-18,24H,3,6-7,10-11,19-20H2,1H3. The second kappa shape index (κ2) is 11.5. The van der Waals surface area contributed by atoms with Crippen molar-refractivity contribution in [2.24, 2.45) is 0 Å². The molecule has 1 saturated carbocycles. The topological polar surface area (TPSA) is 81.9 Å². The van der Waals surface area contributed by atoms with Crippen LogP contribution in [-0.4, -0.2) is 28.9 Å². The van der Waals surface area contributed by atoms with E-state index in [4.69, 9.17) is 9.47 Å². The number of rotatable bonds is 9. The fourth-order valence-corrected chi connectivity index (χ4v) is 4.52. The van der Waals surface area contributed by atoms with E-state index in [0.717, 1.165) is 36.8 Å². The fraction of sp³-hybridized carbons (Fsp3) is 0.321. The minimum Gasteiger partial charge on any atom is -0.493 e. The first-order valence-electron chi connectivity index (χ1n) is 11.9. The van der Waals surface area contributed by atoms with Crippen molar-refractivity contribution in [2.75, 3.05) is 7.11 Å². The molecule has 0 bridgehead atoms. The van der Waals surface area contributed by atoms with Crippen molar-refractivity contribution in [3.63, 3.8) is 0 Å². The van der Waals surface area contributed by atoms with Crippen LogP contribution < -0.4 is 9.47 Å². The third-order valence-electron chi connectivity index (χ3n) is 6.42. The van der Waals surface area contributed by atoms with Crippen LogP contribution in [0, 0.1) is 10.1 Å². The lowest BCUT2D eigenvalue weighted by atomic mass is 9.93. The van der Waals surface area contributed by atoms with Crippen molar-refractivity contribution in [3.8, 4) is 11.5 Å². The molecule has 182 valence electrons. The highest BCUT2D eigenvalue weighted by Crippen LogP contribution is 2.31. The molecular weight excluding hydrogens is 444 g/mol. The molecule has 3 aromatic rings. The Kier molecular flexibility index (Phi) is 7.98. The molecule has 0 aromatic heterocycles. The molecule has 3 aromatic carbocycles. The quantitative estimate of drug-likeness (QED) is 0.274. The number of methoxy groups -OCH3 is 1. The molecule has 0 saturated heterocycles. The van der Waals surface area contributed by atoms with E-state index in [2.05, 4.69) is 0 Å². The van der Waals surface area contributed by atoms with Crippen molar-refractivity contribution in [1.29, 1.82) is 0 Å². The first kappa shape index (κ1) is 24.3. The van der Waals surface area contributed by atoms with Gasteiger partial charge in [-0.3, -0.25) is 14.9 Å². The molecule has 0 N–H and O–H groups in total. The number of amides is 1. The summed E-state index contributed by atoms with van der Waals surface area (Å²) in [6.45, 7) is 0.834. The number of nitrogens with zero attached hydrogens (tertiary/aromatic N) is 2. The number of ether oxygens (including phenoxy) is 2. The van der Waals surface area contributed by atoms with Gasteiger partial charge in [0, 0.05) is 30.3 Å². The molecular formula is C28H30N2O5. The van der Waals surface area contributed by atoms with Crippen molar-refractivity contribution in [1.82, 2.24) is 4.90 Å². The van der Waals surface area contributed by atoms with E-state index in [-0.39, 0.29) is 17.6 Å². The Morgan fingerprint density at radius 2 is 1.66 bits per heavy atom. The zero-order valence-corrected chi connectivity index (χ0v) is 19.9. The number of carbonyl (C=O) groups excluding carboxylic acids is 1. The van der Waals surface area contributed by atoms with Crippen LogP contribution in [0.15, 0.2) is 72.8 Å². The minimum atomic E-state index is -0.457. The van der Waals surface area contributed by atoms with Gasteiger partial charge >= 0.3 is 0 Å². The van der Waals surface area contributed by atoms with E-state index in [1.165, 1.54) is 18.6 Å². The summed E-state index contributed by atoms with van der Waals surface area (Å²) in [6.07, 6.45) is 5.25. The van der Waals surface area contributed by atoms with E-state index < -0.39 is 4.92 Å². The van der Waals surface area contributed by atoms with Gasteiger partial charge in [-0.2, -0.15) is 0 Å². The lowest BCUT2D eigenvalue weighted by Gasteiger charge is -2.34. The summed E-state index contributed by atoms with van der Waals surface area (Å²) in [4.78, 5) is 26.0. The Morgan fingerprint density at radius 1 is 0.943 bits per heavy atom. The third kappa shape index (κ3) is 6.18. The van der Waals surface area contributed by atoms with Crippen LogP contribution in [-0.2, 0) is 13.2 Å². The summed E-state index contributed by atoms with van der Waals surface area (Å²) in [5.74, 6) is 1.14. The van der Waals surface area contributed by atoms with E-state index in [1.807, 2.05) is 53.4 Å². The van der Waals surface area contributed by atoms with Crippen molar-refractivity contribution in [2.45, 2.75) is 51.3 Å². The summed E-state index contributed by atoms with van der Waals surface area (Å²) in [5, 5.41) is 11.0. The maximum Gasteiger partial charge on any atom is 0.269 e. The molecule has 0 spiro atoms. The van der Waals surface area contributed by atoms with Gasteiger partial charge in [-0.25, -0.2) is 0 Å². The predicted octanol–water partition coefficient (Wildman–Crippen LogP) is 6.16. The Labute approximate surface area is 205 Å². The summed E-state index contributed by atoms with van der Waals surface area (Å²) < 4.78 is 11.6. The normalized spacial score (nSPS) is 13.7. The molecule has 7 heteroatoms. The Morgan fingerprint density at radius 3 is 2.31 bits per heavy atom. The summed E-state index contributed by atoms with van der Waals surface area (Å²) in [6, 6.07) is 21.6. The van der Waals surface area contributed by atoms with Gasteiger partial charge in [-0.1, -0.05) is 55.7 Å².